The molecule has 9 atom stereocenters. The molecule has 4 aliphatic rings. The molecule has 4 aliphatic carbocycles. The van der Waals surface area contributed by atoms with Crippen molar-refractivity contribution in [3.05, 3.63) is 24.0 Å². The van der Waals surface area contributed by atoms with Gasteiger partial charge in [0.05, 0.1) is 11.9 Å². The Morgan fingerprint density at radius 3 is 2.73 bits per heavy atom. The van der Waals surface area contributed by atoms with E-state index in [4.69, 9.17) is 10.00 Å². The second kappa shape index (κ2) is 9.57. The van der Waals surface area contributed by atoms with Crippen molar-refractivity contribution in [3.8, 4) is 6.07 Å². The number of fused-ring (bicyclic) bond motifs is 5. The van der Waals surface area contributed by atoms with Gasteiger partial charge in [0.1, 0.15) is 11.8 Å². The molecule has 0 spiro atoms. The lowest BCUT2D eigenvalue weighted by Gasteiger charge is -2.57. The van der Waals surface area contributed by atoms with Crippen molar-refractivity contribution in [2.45, 2.75) is 84.6 Å². The van der Waals surface area contributed by atoms with Crippen LogP contribution in [0.5, 0.6) is 0 Å². The molecule has 0 amide bonds. The third-order valence-electron chi connectivity index (χ3n) is 10.6. The van der Waals surface area contributed by atoms with Gasteiger partial charge in [0, 0.05) is 19.3 Å². The Bertz CT molecular complexity index is 847. The molecular formula is C29H43N3O. The molecule has 33 heavy (non-hydrogen) atoms. The van der Waals surface area contributed by atoms with Crippen LogP contribution in [0.4, 0.5) is 5.69 Å². The van der Waals surface area contributed by atoms with Gasteiger partial charge in [-0.25, -0.2) is 4.98 Å². The number of nitrogens with zero attached hydrogens (tertiary/aromatic N) is 2. The molecule has 0 aromatic carbocycles. The van der Waals surface area contributed by atoms with Crippen LogP contribution in [0.25, 0.3) is 0 Å². The van der Waals surface area contributed by atoms with Crippen molar-refractivity contribution in [1.29, 1.82) is 5.26 Å². The highest BCUT2D eigenvalue weighted by atomic mass is 16.5. The number of anilines is 1. The van der Waals surface area contributed by atoms with Crippen LogP contribution in [0.2, 0.25) is 0 Å². The van der Waals surface area contributed by atoms with E-state index in [-0.39, 0.29) is 0 Å². The lowest BCUT2D eigenvalue weighted by Crippen LogP contribution is -2.50. The molecule has 0 aliphatic heterocycles. The number of pyridine rings is 1. The summed E-state index contributed by atoms with van der Waals surface area (Å²) in [5.41, 5.74) is 2.00. The minimum atomic E-state index is 0.441. The van der Waals surface area contributed by atoms with E-state index in [1.807, 2.05) is 18.3 Å². The average Bonchev–Trinajstić information content (AvgIpc) is 3.20. The molecule has 4 nitrogen and oxygen atoms in total. The minimum Gasteiger partial charge on any atom is -0.381 e. The average molecular weight is 450 g/mol. The Morgan fingerprint density at radius 2 is 1.97 bits per heavy atom. The summed E-state index contributed by atoms with van der Waals surface area (Å²) >= 11 is 0. The fourth-order valence-corrected chi connectivity index (χ4v) is 9.16. The van der Waals surface area contributed by atoms with Crippen LogP contribution >= 0.6 is 0 Å². The van der Waals surface area contributed by atoms with Gasteiger partial charge in [0.2, 0.25) is 0 Å². The molecule has 0 radical (unpaired) electrons. The monoisotopic (exact) mass is 449 g/mol. The summed E-state index contributed by atoms with van der Waals surface area (Å²) in [6.45, 7) is 8.99. The molecule has 4 saturated carbocycles. The van der Waals surface area contributed by atoms with Gasteiger partial charge in [-0.15, -0.1) is 0 Å². The summed E-state index contributed by atoms with van der Waals surface area (Å²) in [6, 6.07) is 6.39. The number of nitriles is 1. The SMILES string of the molecule is CCOC[C@H]1CC[C@@H]2C3CC[C@@]4(C)C(CCC4[C@@H](C)Nc4ccc(C#N)nc4)[C@@H]3CC[C@@H]2C1. The zero-order valence-electron chi connectivity index (χ0n) is 20.9. The van der Waals surface area contributed by atoms with E-state index in [1.165, 1.54) is 57.8 Å². The zero-order valence-corrected chi connectivity index (χ0v) is 20.9. The standard InChI is InChI=1S/C29H43N3O/c1-4-33-18-20-5-9-24-21(15-20)6-10-26-25(24)13-14-29(3)27(11-12-28(26)29)19(2)32-23-8-7-22(16-30)31-17-23/h7-8,17,19-21,24-28,32H,4-6,9-15,18H2,1-3H3/t19-,20+,21-,24+,25?,26-,27?,28?,29-/m1/s1. The maximum absolute atomic E-state index is 9.02. The molecule has 4 heteroatoms. The van der Waals surface area contributed by atoms with Gasteiger partial charge in [0.25, 0.3) is 0 Å². The maximum Gasteiger partial charge on any atom is 0.140 e. The summed E-state index contributed by atoms with van der Waals surface area (Å²) in [5, 5.41) is 12.8. The maximum atomic E-state index is 9.02. The Hall–Kier alpha value is -1.60. The van der Waals surface area contributed by atoms with Crippen molar-refractivity contribution in [2.24, 2.45) is 46.8 Å². The highest BCUT2D eigenvalue weighted by molar-refractivity contribution is 5.43. The smallest absolute Gasteiger partial charge is 0.140 e. The highest BCUT2D eigenvalue weighted by Crippen LogP contribution is 2.65. The van der Waals surface area contributed by atoms with Crippen LogP contribution in [0, 0.1) is 58.2 Å². The lowest BCUT2D eigenvalue weighted by atomic mass is 9.49. The first kappa shape index (κ1) is 23.2. The van der Waals surface area contributed by atoms with Gasteiger partial charge in [-0.1, -0.05) is 6.92 Å². The summed E-state index contributed by atoms with van der Waals surface area (Å²) in [6.07, 6.45) is 14.7. The van der Waals surface area contributed by atoms with Crippen LogP contribution in [0.15, 0.2) is 18.3 Å². The molecule has 0 saturated heterocycles. The van der Waals surface area contributed by atoms with E-state index < -0.39 is 0 Å². The van der Waals surface area contributed by atoms with Crippen LogP contribution in [-0.4, -0.2) is 24.2 Å². The van der Waals surface area contributed by atoms with Gasteiger partial charge in [-0.3, -0.25) is 0 Å². The fraction of sp³-hybridized carbons (Fsp3) is 0.793. The summed E-state index contributed by atoms with van der Waals surface area (Å²) in [7, 11) is 0. The molecule has 180 valence electrons. The number of nitrogens with one attached hydrogen (secondary N) is 1. The third-order valence-corrected chi connectivity index (χ3v) is 10.6. The highest BCUT2D eigenvalue weighted by Gasteiger charge is 2.57. The molecule has 4 fully saturated rings. The number of aromatic nitrogens is 1. The molecule has 3 unspecified atom stereocenters. The first-order valence-electron chi connectivity index (χ1n) is 13.7. The Morgan fingerprint density at radius 1 is 1.12 bits per heavy atom. The Kier molecular flexibility index (Phi) is 6.72. The van der Waals surface area contributed by atoms with Gasteiger partial charge < -0.3 is 10.1 Å². The van der Waals surface area contributed by atoms with Crippen molar-refractivity contribution < 1.29 is 4.74 Å². The van der Waals surface area contributed by atoms with Crippen molar-refractivity contribution >= 4 is 5.69 Å². The summed E-state index contributed by atoms with van der Waals surface area (Å²) < 4.78 is 5.79. The number of hydrogen-bond donors (Lipinski definition) is 1. The van der Waals surface area contributed by atoms with Crippen LogP contribution < -0.4 is 5.32 Å². The van der Waals surface area contributed by atoms with Gasteiger partial charge in [-0.05, 0) is 131 Å². The van der Waals surface area contributed by atoms with E-state index in [1.54, 1.807) is 0 Å². The lowest BCUT2D eigenvalue weighted by molar-refractivity contribution is -0.0738. The molecule has 1 N–H and O–H groups in total. The molecular weight excluding hydrogens is 406 g/mol. The third kappa shape index (κ3) is 4.31. The molecule has 1 heterocycles. The quantitative estimate of drug-likeness (QED) is 0.526. The Labute approximate surface area is 200 Å². The largest absolute Gasteiger partial charge is 0.381 e. The van der Waals surface area contributed by atoms with Gasteiger partial charge in [-0.2, -0.15) is 5.26 Å². The van der Waals surface area contributed by atoms with E-state index >= 15 is 0 Å². The summed E-state index contributed by atoms with van der Waals surface area (Å²) in [4.78, 5) is 4.26. The van der Waals surface area contributed by atoms with Gasteiger partial charge >= 0.3 is 0 Å². The fourth-order valence-electron chi connectivity index (χ4n) is 9.16. The minimum absolute atomic E-state index is 0.441. The number of hydrogen-bond acceptors (Lipinski definition) is 4. The molecule has 1 aromatic heterocycles. The zero-order chi connectivity index (χ0) is 23.0. The van der Waals surface area contributed by atoms with Crippen LogP contribution in [-0.2, 0) is 4.74 Å². The second-order valence-corrected chi connectivity index (χ2v) is 12.0. The van der Waals surface area contributed by atoms with Crippen molar-refractivity contribution in [3.63, 3.8) is 0 Å². The van der Waals surface area contributed by atoms with E-state index in [2.05, 4.69) is 37.1 Å². The molecule has 5 rings (SSSR count). The second-order valence-electron chi connectivity index (χ2n) is 12.0. The first-order chi connectivity index (χ1) is 16.0. The summed E-state index contributed by atoms with van der Waals surface area (Å²) in [5.74, 6) is 6.35. The first-order valence-corrected chi connectivity index (χ1v) is 13.7. The Balaban J connectivity index is 1.24. The van der Waals surface area contributed by atoms with Crippen LogP contribution in [0.3, 0.4) is 0 Å². The van der Waals surface area contributed by atoms with E-state index in [0.717, 1.165) is 60.3 Å². The number of rotatable bonds is 6. The molecule has 0 bridgehead atoms. The van der Waals surface area contributed by atoms with E-state index in [0.29, 0.717) is 17.2 Å². The predicted molar refractivity (Wildman–Crippen MR) is 133 cm³/mol. The topological polar surface area (TPSA) is 57.9 Å². The predicted octanol–water partition coefficient (Wildman–Crippen LogP) is 6.68. The molecule has 1 aromatic rings. The van der Waals surface area contributed by atoms with E-state index in [9.17, 15) is 0 Å². The normalized spacial score (nSPS) is 40.7. The van der Waals surface area contributed by atoms with Crippen molar-refractivity contribution in [1.82, 2.24) is 4.98 Å². The van der Waals surface area contributed by atoms with Crippen LogP contribution in [0.1, 0.15) is 84.3 Å². The van der Waals surface area contributed by atoms with Crippen molar-refractivity contribution in [2.75, 3.05) is 18.5 Å². The van der Waals surface area contributed by atoms with Gasteiger partial charge in [0.15, 0.2) is 0 Å². The number of ether oxygens (including phenoxy) is 1.